The SMILES string of the molecule is Cc1c(C2=CC=CCN2C)nc2cc(F)cc(F)c2c1Nc1cc(N2CCOC([C@H]3CC3C)C2)ncc1-c1ccc(OC(F)(F)F)cc1. The lowest BCUT2D eigenvalue weighted by Crippen LogP contribution is -2.44. The molecule has 3 atom stereocenters. The normalized spacial score (nSPS) is 21.0. The van der Waals surface area contributed by atoms with Gasteiger partial charge in [-0.15, -0.1) is 13.2 Å². The molecule has 4 heterocycles. The summed E-state index contributed by atoms with van der Waals surface area (Å²) in [4.78, 5) is 13.6. The van der Waals surface area contributed by atoms with Crippen LogP contribution in [0, 0.1) is 30.4 Å². The molecule has 2 aliphatic heterocycles. The molecule has 2 unspecified atom stereocenters. The summed E-state index contributed by atoms with van der Waals surface area (Å²) in [5.41, 5.74) is 4.15. The number of benzene rings is 2. The first-order valence-corrected chi connectivity index (χ1v) is 15.8. The van der Waals surface area contributed by atoms with E-state index < -0.39 is 18.0 Å². The summed E-state index contributed by atoms with van der Waals surface area (Å²) >= 11 is 0. The highest BCUT2D eigenvalue weighted by Gasteiger charge is 2.42. The van der Waals surface area contributed by atoms with Crippen LogP contribution in [-0.4, -0.2) is 60.6 Å². The molecule has 2 fully saturated rings. The molecule has 0 amide bonds. The number of pyridine rings is 2. The van der Waals surface area contributed by atoms with Gasteiger partial charge in [0, 0.05) is 62.2 Å². The van der Waals surface area contributed by atoms with Gasteiger partial charge in [0.05, 0.1) is 46.4 Å². The number of rotatable bonds is 7. The van der Waals surface area contributed by atoms with Gasteiger partial charge in [-0.25, -0.2) is 18.7 Å². The van der Waals surface area contributed by atoms with E-state index in [-0.39, 0.29) is 22.8 Å². The van der Waals surface area contributed by atoms with Crippen LogP contribution < -0.4 is 15.0 Å². The lowest BCUT2D eigenvalue weighted by molar-refractivity contribution is -0.274. The Bertz CT molecular complexity index is 1930. The zero-order valence-corrected chi connectivity index (χ0v) is 26.6. The second kappa shape index (κ2) is 12.4. The first-order valence-electron chi connectivity index (χ1n) is 15.8. The lowest BCUT2D eigenvalue weighted by Gasteiger charge is -2.34. The Hall–Kier alpha value is -4.71. The predicted octanol–water partition coefficient (Wildman–Crippen LogP) is 8.23. The van der Waals surface area contributed by atoms with Crippen LogP contribution in [0.25, 0.3) is 27.7 Å². The highest BCUT2D eigenvalue weighted by Crippen LogP contribution is 2.44. The van der Waals surface area contributed by atoms with Crippen LogP contribution in [0.1, 0.15) is 24.6 Å². The Morgan fingerprint density at radius 2 is 1.85 bits per heavy atom. The smallest absolute Gasteiger partial charge is 0.406 e. The van der Waals surface area contributed by atoms with Gasteiger partial charge in [-0.2, -0.15) is 0 Å². The van der Waals surface area contributed by atoms with Crippen molar-refractivity contribution in [3.05, 3.63) is 89.8 Å². The minimum Gasteiger partial charge on any atom is -0.406 e. The average molecular weight is 664 g/mol. The number of hydrogen-bond donors (Lipinski definition) is 1. The Balaban J connectivity index is 1.36. The van der Waals surface area contributed by atoms with Gasteiger partial charge in [0.15, 0.2) is 0 Å². The fraction of sp³-hybridized carbons (Fsp3) is 0.333. The molecule has 7 rings (SSSR count). The molecule has 2 aromatic heterocycles. The number of morpholine rings is 1. The van der Waals surface area contributed by atoms with Crippen LogP contribution in [0.5, 0.6) is 5.75 Å². The lowest BCUT2D eigenvalue weighted by atomic mass is 10.0. The second-order valence-corrected chi connectivity index (χ2v) is 12.6. The number of allylic oxidation sites excluding steroid dienone is 2. The van der Waals surface area contributed by atoms with Gasteiger partial charge in [0.1, 0.15) is 23.2 Å². The standard InChI is InChI=1S/C36H34F5N5O2/c1-20-14-25(20)31-19-46(12-13-47-31)32-17-28(26(18-42-32)22-7-9-24(10-8-22)48-36(39,40)41)43-35-21(2)34(30-6-4-5-11-45(30)3)44-29-16-23(37)15-27(38)33(29)35/h4-10,15-18,20,25,31H,11-14,19H2,1-3H3,(H,42,43,44)/t20?,25-,31?/m0/s1. The van der Waals surface area contributed by atoms with E-state index in [2.05, 4.69) is 21.9 Å². The Kier molecular flexibility index (Phi) is 8.22. The third kappa shape index (κ3) is 6.41. The number of hydrogen-bond acceptors (Lipinski definition) is 7. The van der Waals surface area contributed by atoms with Crippen LogP contribution in [0.15, 0.2) is 66.9 Å². The highest BCUT2D eigenvalue weighted by atomic mass is 19.4. The van der Waals surface area contributed by atoms with Gasteiger partial charge < -0.3 is 24.6 Å². The molecular weight excluding hydrogens is 629 g/mol. The summed E-state index contributed by atoms with van der Waals surface area (Å²) in [5.74, 6) is -0.113. The number of nitrogens with one attached hydrogen (secondary N) is 1. The Morgan fingerprint density at radius 3 is 2.56 bits per heavy atom. The van der Waals surface area contributed by atoms with Crippen molar-refractivity contribution < 1.29 is 31.4 Å². The van der Waals surface area contributed by atoms with Crippen molar-refractivity contribution >= 4 is 33.8 Å². The molecule has 12 heteroatoms. The molecule has 250 valence electrons. The topological polar surface area (TPSA) is 62.8 Å². The quantitative estimate of drug-likeness (QED) is 0.200. The maximum Gasteiger partial charge on any atom is 0.573 e. The Labute approximate surface area is 274 Å². The van der Waals surface area contributed by atoms with Crippen LogP contribution in [0.4, 0.5) is 39.1 Å². The Morgan fingerprint density at radius 1 is 1.08 bits per heavy atom. The third-order valence-corrected chi connectivity index (χ3v) is 9.28. The van der Waals surface area contributed by atoms with Crippen molar-refractivity contribution in [3.63, 3.8) is 0 Å². The number of fused-ring (bicyclic) bond motifs is 1. The fourth-order valence-corrected chi connectivity index (χ4v) is 6.61. The van der Waals surface area contributed by atoms with Gasteiger partial charge >= 0.3 is 6.36 Å². The number of halogens is 5. The number of aromatic nitrogens is 2. The van der Waals surface area contributed by atoms with Gasteiger partial charge in [-0.1, -0.05) is 31.2 Å². The first kappa shape index (κ1) is 31.9. The van der Waals surface area contributed by atoms with Crippen LogP contribution in [0.3, 0.4) is 0 Å². The van der Waals surface area contributed by atoms with Crippen molar-refractivity contribution in [2.45, 2.75) is 32.7 Å². The van der Waals surface area contributed by atoms with Crippen molar-refractivity contribution in [1.82, 2.24) is 14.9 Å². The van der Waals surface area contributed by atoms with Crippen molar-refractivity contribution in [3.8, 4) is 16.9 Å². The fourth-order valence-electron chi connectivity index (χ4n) is 6.61. The van der Waals surface area contributed by atoms with Crippen LogP contribution in [0.2, 0.25) is 0 Å². The van der Waals surface area contributed by atoms with E-state index in [4.69, 9.17) is 14.7 Å². The summed E-state index contributed by atoms with van der Waals surface area (Å²) in [6, 6.07) is 9.37. The average Bonchev–Trinajstić information content (AvgIpc) is 3.78. The van der Waals surface area contributed by atoms with Crippen molar-refractivity contribution in [2.24, 2.45) is 11.8 Å². The van der Waals surface area contributed by atoms with E-state index in [0.717, 1.165) is 18.2 Å². The minimum atomic E-state index is -4.83. The van der Waals surface area contributed by atoms with Gasteiger partial charge in [-0.05, 0) is 49.0 Å². The summed E-state index contributed by atoms with van der Waals surface area (Å²) in [5, 5.41) is 3.56. The molecule has 1 aliphatic carbocycles. The summed E-state index contributed by atoms with van der Waals surface area (Å²) in [7, 11) is 1.91. The van der Waals surface area contributed by atoms with Gasteiger partial charge in [0.2, 0.25) is 0 Å². The van der Waals surface area contributed by atoms with Crippen molar-refractivity contribution in [2.75, 3.05) is 43.5 Å². The van der Waals surface area contributed by atoms with E-state index in [0.29, 0.717) is 77.7 Å². The maximum absolute atomic E-state index is 15.7. The first-order chi connectivity index (χ1) is 22.9. The third-order valence-electron chi connectivity index (χ3n) is 9.28. The number of nitrogens with zero attached hydrogens (tertiary/aromatic N) is 4. The number of anilines is 3. The molecule has 0 bridgehead atoms. The van der Waals surface area contributed by atoms with E-state index in [1.165, 1.54) is 30.3 Å². The highest BCUT2D eigenvalue weighted by molar-refractivity contribution is 5.99. The minimum absolute atomic E-state index is 0.0838. The van der Waals surface area contributed by atoms with E-state index in [1.807, 2.05) is 43.2 Å². The van der Waals surface area contributed by atoms with Crippen LogP contribution in [-0.2, 0) is 4.74 Å². The van der Waals surface area contributed by atoms with E-state index >= 15 is 4.39 Å². The zero-order valence-electron chi connectivity index (χ0n) is 26.6. The van der Waals surface area contributed by atoms with Crippen LogP contribution >= 0.6 is 0 Å². The number of alkyl halides is 3. The molecule has 0 radical (unpaired) electrons. The molecule has 1 saturated carbocycles. The zero-order chi connectivity index (χ0) is 33.7. The van der Waals surface area contributed by atoms with Gasteiger partial charge in [0.25, 0.3) is 0 Å². The summed E-state index contributed by atoms with van der Waals surface area (Å²) in [6.07, 6.45) is 3.84. The van der Waals surface area contributed by atoms with Gasteiger partial charge in [-0.3, -0.25) is 0 Å². The predicted molar refractivity (Wildman–Crippen MR) is 175 cm³/mol. The monoisotopic (exact) mass is 663 g/mol. The van der Waals surface area contributed by atoms with Crippen molar-refractivity contribution in [1.29, 1.82) is 0 Å². The molecule has 48 heavy (non-hydrogen) atoms. The van der Waals surface area contributed by atoms with E-state index in [9.17, 15) is 17.6 Å². The summed E-state index contributed by atoms with van der Waals surface area (Å²) < 4.78 is 79.1. The largest absolute Gasteiger partial charge is 0.573 e. The molecule has 1 saturated heterocycles. The molecule has 1 N–H and O–H groups in total. The van der Waals surface area contributed by atoms with E-state index in [1.54, 1.807) is 6.20 Å². The molecule has 0 spiro atoms. The molecular formula is C36H34F5N5O2. The molecule has 7 nitrogen and oxygen atoms in total. The number of ether oxygens (including phenoxy) is 2. The molecule has 4 aromatic rings. The molecule has 3 aliphatic rings. The summed E-state index contributed by atoms with van der Waals surface area (Å²) in [6.45, 7) is 6.51. The second-order valence-electron chi connectivity index (χ2n) is 12.6. The number of likely N-dealkylation sites (N-methyl/N-ethyl adjacent to an activating group) is 1. The molecule has 2 aromatic carbocycles. The maximum atomic E-state index is 15.7.